The standard InChI is InChI=1S/C32H42ClN5O3/c33-26-18-25(19-27(21-26)36-12-10-34-11-13-36)32(40)38-16-14-37(15-17-38)31(39)24-6-7-30(41-28-8-9-35-22-28)29(20-24)23-4-2-1-3-5-23/h6-7,18-21,23,28,34-35H,1-5,8-17,22H2/p+2/t28-/m0/s1. The molecule has 2 amide bonds. The summed E-state index contributed by atoms with van der Waals surface area (Å²) in [5.74, 6) is 1.45. The number of piperazine rings is 2. The molecule has 1 saturated carbocycles. The van der Waals surface area contributed by atoms with E-state index in [-0.39, 0.29) is 17.9 Å². The largest absolute Gasteiger partial charge is 0.484 e. The zero-order valence-electron chi connectivity index (χ0n) is 24.0. The van der Waals surface area contributed by atoms with Crippen molar-refractivity contribution in [3.05, 3.63) is 58.1 Å². The summed E-state index contributed by atoms with van der Waals surface area (Å²) >= 11 is 6.44. The normalized spacial score (nSPS) is 22.2. The second-order valence-electron chi connectivity index (χ2n) is 12.1. The second kappa shape index (κ2) is 13.0. The SMILES string of the molecule is O=C(c1cc(Cl)cc(N2CC[NH2+]CC2)c1)N1CCN(C(=O)c2ccc(O[C@H]3CC[NH2+]C3)c(C3CCCCC3)c2)CC1. The highest BCUT2D eigenvalue weighted by atomic mass is 35.5. The van der Waals surface area contributed by atoms with Gasteiger partial charge in [-0.2, -0.15) is 0 Å². The van der Waals surface area contributed by atoms with Crippen LogP contribution in [0.4, 0.5) is 5.69 Å². The van der Waals surface area contributed by atoms with Crippen LogP contribution in [0.5, 0.6) is 5.75 Å². The maximum absolute atomic E-state index is 13.7. The molecule has 41 heavy (non-hydrogen) atoms. The first-order valence-corrected chi connectivity index (χ1v) is 16.0. The van der Waals surface area contributed by atoms with Crippen molar-refractivity contribution in [1.29, 1.82) is 0 Å². The van der Waals surface area contributed by atoms with Gasteiger partial charge in [0.25, 0.3) is 11.8 Å². The van der Waals surface area contributed by atoms with Gasteiger partial charge in [-0.1, -0.05) is 30.9 Å². The van der Waals surface area contributed by atoms with Crippen LogP contribution in [0.3, 0.4) is 0 Å². The fourth-order valence-corrected chi connectivity index (χ4v) is 7.13. The lowest BCUT2D eigenvalue weighted by Gasteiger charge is -2.35. The molecule has 4 aliphatic rings. The Kier molecular flexibility index (Phi) is 8.98. The Hall–Kier alpha value is -2.81. The van der Waals surface area contributed by atoms with E-state index >= 15 is 0 Å². The molecule has 3 saturated heterocycles. The van der Waals surface area contributed by atoms with Gasteiger partial charge in [-0.15, -0.1) is 0 Å². The fraction of sp³-hybridized carbons (Fsp3) is 0.562. The van der Waals surface area contributed by atoms with Gasteiger partial charge >= 0.3 is 0 Å². The molecule has 0 radical (unpaired) electrons. The van der Waals surface area contributed by atoms with E-state index in [0.29, 0.717) is 42.7 Å². The number of nitrogens with zero attached hydrogens (tertiary/aromatic N) is 3. The molecule has 1 aliphatic carbocycles. The van der Waals surface area contributed by atoms with E-state index in [9.17, 15) is 9.59 Å². The molecule has 0 aromatic heterocycles. The van der Waals surface area contributed by atoms with Crippen molar-refractivity contribution in [3.63, 3.8) is 0 Å². The molecule has 2 aromatic rings. The summed E-state index contributed by atoms with van der Waals surface area (Å²) in [4.78, 5) is 33.1. The molecule has 3 heterocycles. The number of anilines is 1. The van der Waals surface area contributed by atoms with Gasteiger partial charge in [-0.25, -0.2) is 0 Å². The number of ether oxygens (including phenoxy) is 1. The van der Waals surface area contributed by atoms with Crippen LogP contribution < -0.4 is 20.3 Å². The third kappa shape index (κ3) is 6.65. The van der Waals surface area contributed by atoms with Crippen LogP contribution in [-0.2, 0) is 0 Å². The van der Waals surface area contributed by atoms with E-state index in [0.717, 1.165) is 75.5 Å². The Morgan fingerprint density at radius 1 is 0.756 bits per heavy atom. The summed E-state index contributed by atoms with van der Waals surface area (Å²) in [7, 11) is 0. The molecule has 0 spiro atoms. The van der Waals surface area contributed by atoms with Crippen molar-refractivity contribution in [2.75, 3.05) is 70.3 Å². The van der Waals surface area contributed by atoms with E-state index in [1.54, 1.807) is 6.07 Å². The van der Waals surface area contributed by atoms with Crippen molar-refractivity contribution in [2.45, 2.75) is 50.5 Å². The van der Waals surface area contributed by atoms with Crippen molar-refractivity contribution >= 4 is 29.1 Å². The third-order valence-electron chi connectivity index (χ3n) is 9.27. The van der Waals surface area contributed by atoms with Gasteiger partial charge in [-0.05, 0) is 60.7 Å². The van der Waals surface area contributed by atoms with Gasteiger partial charge in [0.15, 0.2) is 6.10 Å². The van der Waals surface area contributed by atoms with E-state index in [2.05, 4.69) is 21.6 Å². The monoisotopic (exact) mass is 581 g/mol. The highest BCUT2D eigenvalue weighted by Crippen LogP contribution is 2.39. The number of quaternary nitrogens is 2. The predicted molar refractivity (Wildman–Crippen MR) is 160 cm³/mol. The third-order valence-corrected chi connectivity index (χ3v) is 9.49. The molecule has 3 aliphatic heterocycles. The van der Waals surface area contributed by atoms with Gasteiger partial charge < -0.3 is 30.1 Å². The van der Waals surface area contributed by atoms with Gasteiger partial charge in [0.2, 0.25) is 0 Å². The lowest BCUT2D eigenvalue weighted by atomic mass is 9.83. The van der Waals surface area contributed by atoms with E-state index < -0.39 is 0 Å². The van der Waals surface area contributed by atoms with Crippen LogP contribution >= 0.6 is 11.6 Å². The van der Waals surface area contributed by atoms with Crippen LogP contribution in [0, 0.1) is 0 Å². The molecule has 6 rings (SSSR count). The zero-order valence-corrected chi connectivity index (χ0v) is 24.8. The first-order chi connectivity index (χ1) is 20.0. The number of amides is 2. The summed E-state index contributed by atoms with van der Waals surface area (Å²) in [6.07, 6.45) is 7.40. The lowest BCUT2D eigenvalue weighted by molar-refractivity contribution is -0.655. The Balaban J connectivity index is 1.12. The van der Waals surface area contributed by atoms with Gasteiger partial charge in [0.1, 0.15) is 12.3 Å². The topological polar surface area (TPSA) is 86.3 Å². The second-order valence-corrected chi connectivity index (χ2v) is 12.5. The van der Waals surface area contributed by atoms with Crippen molar-refractivity contribution in [3.8, 4) is 5.75 Å². The van der Waals surface area contributed by atoms with Gasteiger partial charge in [0, 0.05) is 54.4 Å². The summed E-state index contributed by atoms with van der Waals surface area (Å²) in [6, 6.07) is 11.8. The number of halogens is 1. The summed E-state index contributed by atoms with van der Waals surface area (Å²) < 4.78 is 6.46. The number of nitrogens with two attached hydrogens (primary N) is 2. The molecular formula is C32H44ClN5O3+2. The Morgan fingerprint density at radius 2 is 1.46 bits per heavy atom. The van der Waals surface area contributed by atoms with Crippen LogP contribution in [0.1, 0.15) is 70.7 Å². The zero-order chi connectivity index (χ0) is 28.2. The number of benzene rings is 2. The van der Waals surface area contributed by atoms with Crippen molar-refractivity contribution in [1.82, 2.24) is 9.80 Å². The highest BCUT2D eigenvalue weighted by Gasteiger charge is 2.29. The fourth-order valence-electron chi connectivity index (χ4n) is 6.90. The molecule has 0 bridgehead atoms. The van der Waals surface area contributed by atoms with E-state index in [4.69, 9.17) is 16.3 Å². The minimum atomic E-state index is -0.0188. The van der Waals surface area contributed by atoms with E-state index in [1.807, 2.05) is 34.1 Å². The Morgan fingerprint density at radius 3 is 2.15 bits per heavy atom. The summed E-state index contributed by atoms with van der Waals surface area (Å²) in [6.45, 7) is 8.17. The number of hydrogen-bond donors (Lipinski definition) is 2. The number of hydrogen-bond acceptors (Lipinski definition) is 4. The van der Waals surface area contributed by atoms with E-state index in [1.165, 1.54) is 24.8 Å². The Bertz CT molecular complexity index is 1230. The number of carbonyl (C=O) groups excluding carboxylic acids is 2. The summed E-state index contributed by atoms with van der Waals surface area (Å²) in [5, 5.41) is 5.20. The van der Waals surface area contributed by atoms with Crippen LogP contribution in [0.15, 0.2) is 36.4 Å². The lowest BCUT2D eigenvalue weighted by Crippen LogP contribution is -2.89. The van der Waals surface area contributed by atoms with Crippen LogP contribution in [0.2, 0.25) is 5.02 Å². The van der Waals surface area contributed by atoms with Crippen molar-refractivity contribution < 1.29 is 25.0 Å². The predicted octanol–water partition coefficient (Wildman–Crippen LogP) is 2.08. The molecule has 1 atom stereocenters. The molecular weight excluding hydrogens is 538 g/mol. The molecule has 4 N–H and O–H groups in total. The number of carbonyl (C=O) groups is 2. The average Bonchev–Trinajstić information content (AvgIpc) is 3.54. The molecule has 4 fully saturated rings. The Labute approximate surface area is 248 Å². The highest BCUT2D eigenvalue weighted by molar-refractivity contribution is 6.31. The number of rotatable bonds is 6. The molecule has 9 heteroatoms. The van der Waals surface area contributed by atoms with Crippen molar-refractivity contribution in [2.24, 2.45) is 0 Å². The minimum absolute atomic E-state index is 0.0188. The van der Waals surface area contributed by atoms with Gasteiger partial charge in [0.05, 0.1) is 32.7 Å². The molecule has 220 valence electrons. The quantitative estimate of drug-likeness (QED) is 0.547. The summed E-state index contributed by atoms with van der Waals surface area (Å²) in [5.41, 5.74) is 3.57. The minimum Gasteiger partial charge on any atom is -0.484 e. The first-order valence-electron chi connectivity index (χ1n) is 15.6. The maximum Gasteiger partial charge on any atom is 0.254 e. The average molecular weight is 582 g/mol. The van der Waals surface area contributed by atoms with Crippen LogP contribution in [0.25, 0.3) is 0 Å². The maximum atomic E-state index is 13.7. The molecule has 8 nitrogen and oxygen atoms in total. The molecule has 2 aromatic carbocycles. The molecule has 0 unspecified atom stereocenters. The smallest absolute Gasteiger partial charge is 0.254 e. The van der Waals surface area contributed by atoms with Gasteiger partial charge in [-0.3, -0.25) is 9.59 Å². The first kappa shape index (κ1) is 28.3. The van der Waals surface area contributed by atoms with Crippen LogP contribution in [-0.4, -0.2) is 93.2 Å².